The number of aromatic nitrogens is 3. The Balaban J connectivity index is 1.56. The summed E-state index contributed by atoms with van der Waals surface area (Å²) in [7, 11) is 0. The van der Waals surface area contributed by atoms with Crippen LogP contribution in [0.3, 0.4) is 0 Å². The van der Waals surface area contributed by atoms with Gasteiger partial charge in [-0.2, -0.15) is 18.4 Å². The minimum absolute atomic E-state index is 0.0131. The average Bonchev–Trinajstić information content (AvgIpc) is 3.29. The second-order valence-electron chi connectivity index (χ2n) is 7.54. The summed E-state index contributed by atoms with van der Waals surface area (Å²) in [6, 6.07) is 20.1. The lowest BCUT2D eigenvalue weighted by atomic mass is 10.0. The van der Waals surface area contributed by atoms with Crippen molar-refractivity contribution in [3.05, 3.63) is 106 Å². The van der Waals surface area contributed by atoms with E-state index in [-0.39, 0.29) is 18.1 Å². The van der Waals surface area contributed by atoms with Crippen molar-refractivity contribution in [3.63, 3.8) is 0 Å². The molecule has 0 aliphatic rings. The molecule has 0 aliphatic heterocycles. The molecule has 0 unspecified atom stereocenters. The quantitative estimate of drug-likeness (QED) is 0.220. The molecule has 0 spiro atoms. The zero-order chi connectivity index (χ0) is 25.7. The second-order valence-corrected chi connectivity index (χ2v) is 7.97. The summed E-state index contributed by atoms with van der Waals surface area (Å²) in [6.07, 6.45) is -1.32. The Morgan fingerprint density at radius 1 is 1.00 bits per heavy atom. The Hall–Kier alpha value is -4.42. The van der Waals surface area contributed by atoms with Crippen molar-refractivity contribution in [2.24, 2.45) is 0 Å². The van der Waals surface area contributed by atoms with E-state index in [1.807, 2.05) is 6.07 Å². The third-order valence-electron chi connectivity index (χ3n) is 4.96. The zero-order valence-corrected chi connectivity index (χ0v) is 19.2. The molecule has 4 rings (SSSR count). The number of hydrogen-bond donors (Lipinski definition) is 0. The lowest BCUT2D eigenvalue weighted by Gasteiger charge is -2.07. The predicted molar refractivity (Wildman–Crippen MR) is 127 cm³/mol. The number of alkyl halides is 3. The van der Waals surface area contributed by atoms with Gasteiger partial charge in [0, 0.05) is 10.6 Å². The van der Waals surface area contributed by atoms with Crippen LogP contribution >= 0.6 is 11.6 Å². The van der Waals surface area contributed by atoms with Crippen molar-refractivity contribution in [3.8, 4) is 17.3 Å². The van der Waals surface area contributed by atoms with E-state index in [0.717, 1.165) is 16.9 Å². The van der Waals surface area contributed by atoms with Gasteiger partial charge in [-0.15, -0.1) is 15.0 Å². The molecule has 0 amide bonds. The minimum Gasteiger partial charge on any atom is -0.437 e. The largest absolute Gasteiger partial charge is 0.437 e. The molecule has 0 fully saturated rings. The van der Waals surface area contributed by atoms with Crippen LogP contribution in [-0.4, -0.2) is 21.0 Å². The number of nitriles is 1. The molecule has 0 atom stereocenters. The fourth-order valence-corrected chi connectivity index (χ4v) is 3.55. The number of carbonyl (C=O) groups is 1. The summed E-state index contributed by atoms with van der Waals surface area (Å²) in [5.74, 6) is -0.572. The number of esters is 1. The van der Waals surface area contributed by atoms with Gasteiger partial charge in [-0.1, -0.05) is 54.1 Å². The van der Waals surface area contributed by atoms with Crippen molar-refractivity contribution in [2.75, 3.05) is 0 Å². The Bertz CT molecular complexity index is 1470. The highest BCUT2D eigenvalue weighted by atomic mass is 35.5. The molecule has 0 radical (unpaired) electrons. The Kier molecular flexibility index (Phi) is 7.17. The molecule has 1 aromatic heterocycles. The molecule has 0 saturated carbocycles. The van der Waals surface area contributed by atoms with E-state index in [9.17, 15) is 23.2 Å². The van der Waals surface area contributed by atoms with Crippen molar-refractivity contribution in [2.45, 2.75) is 12.9 Å². The summed E-state index contributed by atoms with van der Waals surface area (Å²) in [6.45, 7) is -0.314. The molecule has 10 heteroatoms. The third kappa shape index (κ3) is 5.98. The maximum absolute atomic E-state index is 13.0. The smallest absolute Gasteiger partial charge is 0.416 e. The van der Waals surface area contributed by atoms with Gasteiger partial charge in [0.1, 0.15) is 11.8 Å². The van der Waals surface area contributed by atoms with Crippen LogP contribution < -0.4 is 0 Å². The van der Waals surface area contributed by atoms with Gasteiger partial charge in [-0.05, 0) is 53.6 Å². The van der Waals surface area contributed by atoms with Crippen LogP contribution in [0.5, 0.6) is 0 Å². The molecule has 36 heavy (non-hydrogen) atoms. The molecule has 1 heterocycles. The number of rotatable bonds is 6. The molecule has 4 aromatic rings. The highest BCUT2D eigenvalue weighted by Gasteiger charge is 2.30. The number of ether oxygens (including phenoxy) is 1. The molecule has 0 bridgehead atoms. The van der Waals surface area contributed by atoms with Gasteiger partial charge in [0.15, 0.2) is 5.69 Å². The van der Waals surface area contributed by atoms with Gasteiger partial charge in [0.2, 0.25) is 6.73 Å². The van der Waals surface area contributed by atoms with Crippen LogP contribution in [0.1, 0.15) is 32.7 Å². The molecular formula is C26H16ClF3N4O2. The van der Waals surface area contributed by atoms with Crippen LogP contribution in [0.2, 0.25) is 5.02 Å². The van der Waals surface area contributed by atoms with Gasteiger partial charge in [-0.3, -0.25) is 0 Å². The molecular weight excluding hydrogens is 493 g/mol. The van der Waals surface area contributed by atoms with E-state index in [4.69, 9.17) is 16.3 Å². The van der Waals surface area contributed by atoms with E-state index >= 15 is 0 Å². The molecule has 3 aromatic carbocycles. The number of benzene rings is 3. The Labute approximate surface area is 208 Å². The number of halogens is 4. The molecule has 0 saturated heterocycles. The monoisotopic (exact) mass is 508 g/mol. The molecule has 0 N–H and O–H groups in total. The van der Waals surface area contributed by atoms with Crippen LogP contribution in [0.25, 0.3) is 23.4 Å². The van der Waals surface area contributed by atoms with Crippen molar-refractivity contribution >= 4 is 29.7 Å². The summed E-state index contributed by atoms with van der Waals surface area (Å²) in [4.78, 5) is 13.2. The van der Waals surface area contributed by atoms with Gasteiger partial charge in [-0.25, -0.2) is 4.79 Å². The SMILES string of the molecule is N#Cc1nn(COC(=O)c2ccccc2)nc1-c1cc(Cl)cc(/C=C/c2cccc(C(F)(F)F)c2)c1. The second kappa shape index (κ2) is 10.5. The van der Waals surface area contributed by atoms with E-state index in [1.54, 1.807) is 60.7 Å². The number of hydrogen-bond acceptors (Lipinski definition) is 5. The third-order valence-corrected chi connectivity index (χ3v) is 5.18. The molecule has 6 nitrogen and oxygen atoms in total. The first-order valence-corrected chi connectivity index (χ1v) is 10.8. The fraction of sp³-hybridized carbons (Fsp3) is 0.0769. The van der Waals surface area contributed by atoms with Crippen molar-refractivity contribution in [1.82, 2.24) is 15.0 Å². The predicted octanol–water partition coefficient (Wildman–Crippen LogP) is 6.47. The maximum atomic E-state index is 13.0. The van der Waals surface area contributed by atoms with Crippen molar-refractivity contribution in [1.29, 1.82) is 5.26 Å². The summed E-state index contributed by atoms with van der Waals surface area (Å²) in [5, 5.41) is 18.2. The standard InChI is InChI=1S/C26H16ClF3N4O2/c27-22-13-18(10-9-17-5-4-8-21(12-17)26(28,29)30)11-20(14-22)24-23(15-31)32-34(33-24)16-36-25(35)19-6-2-1-3-7-19/h1-14H,16H2/b10-9+. The maximum Gasteiger partial charge on any atom is 0.416 e. The highest BCUT2D eigenvalue weighted by Crippen LogP contribution is 2.30. The number of nitrogens with zero attached hydrogens (tertiary/aromatic N) is 4. The first-order chi connectivity index (χ1) is 17.2. The van der Waals surface area contributed by atoms with E-state index < -0.39 is 17.7 Å². The fourth-order valence-electron chi connectivity index (χ4n) is 3.31. The summed E-state index contributed by atoms with van der Waals surface area (Å²) in [5.41, 5.74) is 1.20. The van der Waals surface area contributed by atoms with Gasteiger partial charge in [0.25, 0.3) is 0 Å². The van der Waals surface area contributed by atoms with E-state index in [0.29, 0.717) is 27.3 Å². The summed E-state index contributed by atoms with van der Waals surface area (Å²) >= 11 is 6.25. The molecule has 0 aliphatic carbocycles. The lowest BCUT2D eigenvalue weighted by Crippen LogP contribution is -2.12. The van der Waals surface area contributed by atoms with Gasteiger partial charge in [0.05, 0.1) is 11.1 Å². The van der Waals surface area contributed by atoms with Gasteiger partial charge < -0.3 is 4.74 Å². The summed E-state index contributed by atoms with van der Waals surface area (Å²) < 4.78 is 44.1. The average molecular weight is 509 g/mol. The van der Waals surface area contributed by atoms with Crippen LogP contribution in [-0.2, 0) is 17.6 Å². The first-order valence-electron chi connectivity index (χ1n) is 10.5. The first kappa shape index (κ1) is 24.7. The highest BCUT2D eigenvalue weighted by molar-refractivity contribution is 6.31. The Morgan fingerprint density at radius 3 is 2.47 bits per heavy atom. The normalized spacial score (nSPS) is 11.4. The van der Waals surface area contributed by atoms with Crippen molar-refractivity contribution < 1.29 is 22.7 Å². The van der Waals surface area contributed by atoms with Crippen LogP contribution in [0.4, 0.5) is 13.2 Å². The Morgan fingerprint density at radius 2 is 1.75 bits per heavy atom. The van der Waals surface area contributed by atoms with Crippen LogP contribution in [0.15, 0.2) is 72.8 Å². The zero-order valence-electron chi connectivity index (χ0n) is 18.4. The molecule has 180 valence electrons. The van der Waals surface area contributed by atoms with Crippen LogP contribution in [0, 0.1) is 11.3 Å². The topological polar surface area (TPSA) is 80.8 Å². The number of carbonyl (C=O) groups excluding carboxylic acids is 1. The minimum atomic E-state index is -4.44. The lowest BCUT2D eigenvalue weighted by molar-refractivity contribution is -0.137. The van der Waals surface area contributed by atoms with E-state index in [1.165, 1.54) is 12.1 Å². The van der Waals surface area contributed by atoms with E-state index in [2.05, 4.69) is 10.2 Å². The van der Waals surface area contributed by atoms with Gasteiger partial charge >= 0.3 is 12.1 Å².